The predicted octanol–water partition coefficient (Wildman–Crippen LogP) is 4.40. The monoisotopic (exact) mass is 461 g/mol. The zero-order valence-corrected chi connectivity index (χ0v) is 18.1. The van der Waals surface area contributed by atoms with E-state index in [-0.39, 0.29) is 37.2 Å². The van der Waals surface area contributed by atoms with Crippen molar-refractivity contribution in [3.8, 4) is 5.75 Å². The number of benzene rings is 2. The number of carbonyl (C=O) groups excluding carboxylic acids is 2. The molecule has 1 heterocycles. The van der Waals surface area contributed by atoms with Crippen LogP contribution in [0.3, 0.4) is 0 Å². The Morgan fingerprint density at radius 3 is 2.42 bits per heavy atom. The number of morpholine rings is 1. The average Bonchev–Trinajstić information content (AvgIpc) is 2.84. The molecular weight excluding hydrogens is 435 g/mol. The topological polar surface area (TPSA) is 55.8 Å². The van der Waals surface area contributed by atoms with Gasteiger partial charge in [0.2, 0.25) is 5.91 Å². The van der Waals surface area contributed by atoms with Gasteiger partial charge >= 0.3 is 0 Å². The summed E-state index contributed by atoms with van der Waals surface area (Å²) in [5.41, 5.74) is 0.409. The van der Waals surface area contributed by atoms with Gasteiger partial charge in [-0.15, -0.1) is 0 Å². The summed E-state index contributed by atoms with van der Waals surface area (Å²) in [6.45, 7) is 0.878. The molecule has 0 radical (unpaired) electrons. The van der Waals surface area contributed by atoms with Gasteiger partial charge in [-0.3, -0.25) is 9.59 Å². The van der Waals surface area contributed by atoms with E-state index in [1.807, 2.05) is 0 Å². The number of amides is 1. The molecule has 33 heavy (non-hydrogen) atoms. The van der Waals surface area contributed by atoms with Gasteiger partial charge in [-0.25, -0.2) is 13.2 Å². The van der Waals surface area contributed by atoms with Gasteiger partial charge in [0.05, 0.1) is 13.2 Å². The third-order valence-corrected chi connectivity index (χ3v) is 6.32. The van der Waals surface area contributed by atoms with E-state index in [1.54, 1.807) is 4.90 Å². The van der Waals surface area contributed by atoms with Crippen molar-refractivity contribution in [2.24, 2.45) is 11.8 Å². The summed E-state index contributed by atoms with van der Waals surface area (Å²) in [6, 6.07) is 8.39. The zero-order chi connectivity index (χ0) is 23.4. The van der Waals surface area contributed by atoms with Crippen LogP contribution in [-0.2, 0) is 9.53 Å². The van der Waals surface area contributed by atoms with E-state index in [9.17, 15) is 22.8 Å². The summed E-state index contributed by atoms with van der Waals surface area (Å²) in [7, 11) is 0. The maximum atomic E-state index is 13.8. The van der Waals surface area contributed by atoms with E-state index < -0.39 is 35.4 Å². The van der Waals surface area contributed by atoms with Gasteiger partial charge < -0.3 is 14.4 Å². The van der Waals surface area contributed by atoms with Crippen molar-refractivity contribution in [3.63, 3.8) is 0 Å². The fourth-order valence-corrected chi connectivity index (χ4v) is 4.59. The standard InChI is InChI=1S/C25H26F3NO4/c26-17-7-5-16(6-8-17)24(30)20-3-1-2-4-21(20)25(31)29-11-12-32-19(14-29)15-33-23-13-18(27)9-10-22(23)28/h5-10,13,19-21H,1-4,11-12,14-15H2. The molecule has 1 aliphatic carbocycles. The van der Waals surface area contributed by atoms with E-state index in [1.165, 1.54) is 24.3 Å². The first kappa shape index (κ1) is 23.3. The number of hydrogen-bond donors (Lipinski definition) is 0. The van der Waals surface area contributed by atoms with Gasteiger partial charge in [0, 0.05) is 30.0 Å². The third kappa shape index (κ3) is 5.55. The maximum Gasteiger partial charge on any atom is 0.226 e. The minimum absolute atomic E-state index is 0.0350. The van der Waals surface area contributed by atoms with Crippen LogP contribution < -0.4 is 4.74 Å². The predicted molar refractivity (Wildman–Crippen MR) is 114 cm³/mol. The van der Waals surface area contributed by atoms with Crippen LogP contribution in [0.4, 0.5) is 13.2 Å². The Balaban J connectivity index is 1.40. The maximum absolute atomic E-state index is 13.8. The molecule has 0 bridgehead atoms. The first-order chi connectivity index (χ1) is 15.9. The van der Waals surface area contributed by atoms with Gasteiger partial charge in [0.15, 0.2) is 17.3 Å². The Hall–Kier alpha value is -2.87. The molecule has 2 fully saturated rings. The van der Waals surface area contributed by atoms with Crippen LogP contribution in [0.5, 0.6) is 5.75 Å². The molecule has 0 spiro atoms. The van der Waals surface area contributed by atoms with E-state index in [2.05, 4.69) is 0 Å². The van der Waals surface area contributed by atoms with Crippen LogP contribution in [0.15, 0.2) is 42.5 Å². The second-order valence-electron chi connectivity index (χ2n) is 8.53. The molecule has 1 aliphatic heterocycles. The molecule has 2 aromatic carbocycles. The lowest BCUT2D eigenvalue weighted by atomic mass is 9.74. The first-order valence-corrected chi connectivity index (χ1v) is 11.2. The number of rotatable bonds is 6. The highest BCUT2D eigenvalue weighted by molar-refractivity contribution is 6.00. The molecule has 5 nitrogen and oxygen atoms in total. The largest absolute Gasteiger partial charge is 0.488 e. The molecule has 8 heteroatoms. The van der Waals surface area contributed by atoms with Crippen molar-refractivity contribution in [2.75, 3.05) is 26.3 Å². The molecule has 4 rings (SSSR count). The minimum atomic E-state index is -0.676. The lowest BCUT2D eigenvalue weighted by molar-refractivity contribution is -0.146. The van der Waals surface area contributed by atoms with Gasteiger partial charge in [-0.05, 0) is 49.2 Å². The fraction of sp³-hybridized carbons (Fsp3) is 0.440. The number of ether oxygens (including phenoxy) is 2. The third-order valence-electron chi connectivity index (χ3n) is 6.32. The highest BCUT2D eigenvalue weighted by atomic mass is 19.1. The molecule has 176 valence electrons. The molecule has 1 saturated heterocycles. The molecule has 3 unspecified atom stereocenters. The molecule has 0 aromatic heterocycles. The Morgan fingerprint density at radius 1 is 0.970 bits per heavy atom. The molecule has 0 N–H and O–H groups in total. The Labute approximate surface area is 190 Å². The number of hydrogen-bond acceptors (Lipinski definition) is 4. The number of halogens is 3. The number of nitrogens with zero attached hydrogens (tertiary/aromatic N) is 1. The second kappa shape index (κ2) is 10.4. The fourth-order valence-electron chi connectivity index (χ4n) is 4.59. The van der Waals surface area contributed by atoms with E-state index in [0.29, 0.717) is 24.9 Å². The summed E-state index contributed by atoms with van der Waals surface area (Å²) >= 11 is 0. The average molecular weight is 461 g/mol. The van der Waals surface area contributed by atoms with E-state index in [0.717, 1.165) is 31.0 Å². The summed E-state index contributed by atoms with van der Waals surface area (Å²) in [6.07, 6.45) is 2.45. The summed E-state index contributed by atoms with van der Waals surface area (Å²) < 4.78 is 51.5. The van der Waals surface area contributed by atoms with Crippen LogP contribution in [0.2, 0.25) is 0 Å². The molecule has 1 amide bonds. The normalized spacial score (nSPS) is 23.2. The van der Waals surface area contributed by atoms with E-state index in [4.69, 9.17) is 9.47 Å². The first-order valence-electron chi connectivity index (χ1n) is 11.2. The van der Waals surface area contributed by atoms with Crippen molar-refractivity contribution in [3.05, 3.63) is 65.5 Å². The zero-order valence-electron chi connectivity index (χ0n) is 18.1. The summed E-state index contributed by atoms with van der Waals surface area (Å²) in [4.78, 5) is 28.1. The Kier molecular flexibility index (Phi) is 7.33. The minimum Gasteiger partial charge on any atom is -0.488 e. The van der Waals surface area contributed by atoms with Crippen molar-refractivity contribution in [1.29, 1.82) is 0 Å². The summed E-state index contributed by atoms with van der Waals surface area (Å²) in [5, 5.41) is 0. The SMILES string of the molecule is O=C(c1ccc(F)cc1)C1CCCCC1C(=O)N1CCOC(COc2cc(F)ccc2F)C1. The number of Topliss-reactive ketones (excluding diaryl/α,β-unsaturated/α-hetero) is 1. The van der Waals surface area contributed by atoms with Crippen molar-refractivity contribution in [1.82, 2.24) is 4.90 Å². The van der Waals surface area contributed by atoms with Crippen LogP contribution in [0, 0.1) is 29.3 Å². The highest BCUT2D eigenvalue weighted by Crippen LogP contribution is 2.34. The van der Waals surface area contributed by atoms with Gasteiger partial charge in [0.25, 0.3) is 0 Å². The summed E-state index contributed by atoms with van der Waals surface area (Å²) in [5.74, 6) is -3.05. The lowest BCUT2D eigenvalue weighted by Crippen LogP contribution is -2.51. The highest BCUT2D eigenvalue weighted by Gasteiger charge is 2.39. The molecule has 1 saturated carbocycles. The Morgan fingerprint density at radius 2 is 1.67 bits per heavy atom. The van der Waals surface area contributed by atoms with Crippen molar-refractivity contribution >= 4 is 11.7 Å². The second-order valence-corrected chi connectivity index (χ2v) is 8.53. The molecule has 2 aromatic rings. The smallest absolute Gasteiger partial charge is 0.226 e. The van der Waals surface area contributed by atoms with Crippen LogP contribution in [-0.4, -0.2) is 49.0 Å². The lowest BCUT2D eigenvalue weighted by Gasteiger charge is -2.38. The van der Waals surface area contributed by atoms with Crippen molar-refractivity contribution in [2.45, 2.75) is 31.8 Å². The van der Waals surface area contributed by atoms with Crippen LogP contribution in [0.25, 0.3) is 0 Å². The van der Waals surface area contributed by atoms with E-state index >= 15 is 0 Å². The van der Waals surface area contributed by atoms with Crippen LogP contribution >= 0.6 is 0 Å². The number of ketones is 1. The Bertz CT molecular complexity index is 998. The number of carbonyl (C=O) groups is 2. The quantitative estimate of drug-likeness (QED) is 0.599. The van der Waals surface area contributed by atoms with Gasteiger partial charge in [-0.2, -0.15) is 0 Å². The van der Waals surface area contributed by atoms with Crippen molar-refractivity contribution < 1.29 is 32.2 Å². The van der Waals surface area contributed by atoms with Crippen LogP contribution in [0.1, 0.15) is 36.0 Å². The molecular formula is C25H26F3NO4. The molecule has 3 atom stereocenters. The van der Waals surface area contributed by atoms with Gasteiger partial charge in [-0.1, -0.05) is 12.8 Å². The van der Waals surface area contributed by atoms with Gasteiger partial charge in [0.1, 0.15) is 24.3 Å². The molecule has 2 aliphatic rings.